The summed E-state index contributed by atoms with van der Waals surface area (Å²) in [5, 5.41) is 3.24. The Labute approximate surface area is 225 Å². The Morgan fingerprint density at radius 1 is 1.24 bits per heavy atom. The molecule has 3 unspecified atom stereocenters. The average molecular weight is 537 g/mol. The molecule has 1 aliphatic carbocycles. The number of nitrogens with one attached hydrogen (secondary N) is 1. The summed E-state index contributed by atoms with van der Waals surface area (Å²) in [5.74, 6) is 0.353. The molecule has 3 atom stereocenters. The lowest BCUT2D eigenvalue weighted by atomic mass is 9.71. The van der Waals surface area contributed by atoms with E-state index >= 15 is 4.39 Å². The van der Waals surface area contributed by atoms with Gasteiger partial charge < -0.3 is 16.0 Å². The standard InChI is InChI=1S/C27H43FN4O2S.C2H6/c1-7-9-11-23(8-2)30-27-25(17-22(29)18-26(27)28)24-16-21(13-12-20(24)3)19-32(6)35(33,34)15-10-14-31(4)5;1-2/h7-9,11,17-18,20-21,24,30H,1,10,12-16,19,29H2,2-6H3;1-2H3/b11-9-,23-8+;. The molecule has 0 spiro atoms. The van der Waals surface area contributed by atoms with Gasteiger partial charge in [-0.2, -0.15) is 0 Å². The molecule has 3 N–H and O–H groups in total. The smallest absolute Gasteiger partial charge is 0.213 e. The van der Waals surface area contributed by atoms with Gasteiger partial charge in [0.05, 0.1) is 11.4 Å². The molecule has 0 aliphatic heterocycles. The molecule has 1 aliphatic rings. The molecule has 0 aromatic heterocycles. The number of hydrogen-bond donors (Lipinski definition) is 2. The first-order valence-corrected chi connectivity index (χ1v) is 15.0. The highest BCUT2D eigenvalue weighted by molar-refractivity contribution is 7.89. The number of halogens is 1. The number of allylic oxidation sites excluding steroid dienone is 4. The Balaban J connectivity index is 0.00000334. The van der Waals surface area contributed by atoms with Crippen LogP contribution in [0.1, 0.15) is 64.9 Å². The molecule has 210 valence electrons. The van der Waals surface area contributed by atoms with Crippen LogP contribution in [0.3, 0.4) is 0 Å². The maximum absolute atomic E-state index is 15.1. The minimum atomic E-state index is -3.31. The van der Waals surface area contributed by atoms with Crippen LogP contribution < -0.4 is 11.1 Å². The zero-order chi connectivity index (χ0) is 28.2. The summed E-state index contributed by atoms with van der Waals surface area (Å²) in [7, 11) is 2.25. The van der Waals surface area contributed by atoms with E-state index in [2.05, 4.69) is 18.8 Å². The minimum absolute atomic E-state index is 0.0700. The van der Waals surface area contributed by atoms with Gasteiger partial charge in [0.2, 0.25) is 10.0 Å². The Morgan fingerprint density at radius 3 is 2.51 bits per heavy atom. The minimum Gasteiger partial charge on any atom is -0.399 e. The van der Waals surface area contributed by atoms with Crippen molar-refractivity contribution < 1.29 is 12.8 Å². The fourth-order valence-electron chi connectivity index (χ4n) is 4.80. The van der Waals surface area contributed by atoms with Crippen molar-refractivity contribution >= 4 is 21.4 Å². The Hall–Kier alpha value is -2.16. The van der Waals surface area contributed by atoms with Crippen molar-refractivity contribution in [3.05, 3.63) is 60.1 Å². The fourth-order valence-corrected chi connectivity index (χ4v) is 6.05. The number of anilines is 2. The maximum Gasteiger partial charge on any atom is 0.213 e. The molecule has 6 nitrogen and oxygen atoms in total. The number of rotatable bonds is 12. The third kappa shape index (κ3) is 10.3. The molecule has 1 aromatic rings. The number of nitrogen functional groups attached to an aromatic ring is 1. The molecule has 2 rings (SSSR count). The van der Waals surface area contributed by atoms with Crippen molar-refractivity contribution in [3.8, 4) is 0 Å². The van der Waals surface area contributed by atoms with Crippen molar-refractivity contribution in [1.82, 2.24) is 9.21 Å². The van der Waals surface area contributed by atoms with Crippen LogP contribution in [-0.4, -0.2) is 57.6 Å². The molecule has 37 heavy (non-hydrogen) atoms. The van der Waals surface area contributed by atoms with Gasteiger partial charge in [0.1, 0.15) is 5.82 Å². The van der Waals surface area contributed by atoms with Crippen LogP contribution >= 0.6 is 0 Å². The second-order valence-electron chi connectivity index (χ2n) is 9.95. The molecule has 1 fully saturated rings. The van der Waals surface area contributed by atoms with Crippen molar-refractivity contribution in [2.24, 2.45) is 11.8 Å². The van der Waals surface area contributed by atoms with Gasteiger partial charge in [-0.25, -0.2) is 17.1 Å². The van der Waals surface area contributed by atoms with Gasteiger partial charge in [0.25, 0.3) is 0 Å². The van der Waals surface area contributed by atoms with Gasteiger partial charge in [-0.15, -0.1) is 0 Å². The van der Waals surface area contributed by atoms with Crippen molar-refractivity contribution in [2.75, 3.05) is 51.0 Å². The largest absolute Gasteiger partial charge is 0.399 e. The Morgan fingerprint density at radius 2 is 1.92 bits per heavy atom. The van der Waals surface area contributed by atoms with Gasteiger partial charge in [-0.3, -0.25) is 0 Å². The summed E-state index contributed by atoms with van der Waals surface area (Å²) in [6, 6.07) is 3.20. The summed E-state index contributed by atoms with van der Waals surface area (Å²) in [4.78, 5) is 1.99. The Kier molecular flexibility index (Phi) is 14.2. The molecule has 0 amide bonds. The summed E-state index contributed by atoms with van der Waals surface area (Å²) in [6.45, 7) is 13.0. The van der Waals surface area contributed by atoms with Crippen molar-refractivity contribution in [1.29, 1.82) is 0 Å². The van der Waals surface area contributed by atoms with Gasteiger partial charge in [0.15, 0.2) is 0 Å². The van der Waals surface area contributed by atoms with E-state index in [1.807, 2.05) is 58.0 Å². The molecular formula is C29H49FN4O2S. The SMILES string of the molecule is C=C/C=C\C(=C/C)Nc1c(F)cc(N)cc1C1CC(CN(C)S(=O)(=O)CCCN(C)C)CCC1C.CC. The highest BCUT2D eigenvalue weighted by Gasteiger charge is 2.33. The van der Waals surface area contributed by atoms with Gasteiger partial charge >= 0.3 is 0 Å². The predicted octanol–water partition coefficient (Wildman–Crippen LogP) is 6.23. The summed E-state index contributed by atoms with van der Waals surface area (Å²) in [5.41, 5.74) is 8.50. The first-order chi connectivity index (χ1) is 17.5. The summed E-state index contributed by atoms with van der Waals surface area (Å²) >= 11 is 0. The predicted molar refractivity (Wildman–Crippen MR) is 158 cm³/mol. The molecule has 0 radical (unpaired) electrons. The van der Waals surface area contributed by atoms with E-state index < -0.39 is 10.0 Å². The first-order valence-electron chi connectivity index (χ1n) is 13.4. The van der Waals surface area contributed by atoms with Crippen LogP contribution in [0.4, 0.5) is 15.8 Å². The molecular weight excluding hydrogens is 487 g/mol. The Bertz CT molecular complexity index is 1020. The van der Waals surface area contributed by atoms with E-state index in [4.69, 9.17) is 5.73 Å². The molecule has 1 aromatic carbocycles. The molecule has 0 saturated heterocycles. The second-order valence-corrected chi connectivity index (χ2v) is 12.1. The van der Waals surface area contributed by atoms with E-state index in [0.29, 0.717) is 30.3 Å². The second kappa shape index (κ2) is 15.9. The molecule has 0 heterocycles. The zero-order valence-electron chi connectivity index (χ0n) is 23.9. The monoisotopic (exact) mass is 536 g/mol. The van der Waals surface area contributed by atoms with Gasteiger partial charge in [-0.05, 0) is 94.8 Å². The van der Waals surface area contributed by atoms with Crippen molar-refractivity contribution in [3.63, 3.8) is 0 Å². The van der Waals surface area contributed by atoms with E-state index in [-0.39, 0.29) is 23.4 Å². The lowest BCUT2D eigenvalue weighted by molar-refractivity contribution is 0.225. The van der Waals surface area contributed by atoms with Crippen LogP contribution in [-0.2, 0) is 10.0 Å². The highest BCUT2D eigenvalue weighted by atomic mass is 32.2. The van der Waals surface area contributed by atoms with Crippen molar-refractivity contribution in [2.45, 2.75) is 59.3 Å². The summed E-state index contributed by atoms with van der Waals surface area (Å²) < 4.78 is 42.3. The molecule has 0 bridgehead atoms. The number of nitrogens with zero attached hydrogens (tertiary/aromatic N) is 2. The van der Waals surface area contributed by atoms with Gasteiger partial charge in [-0.1, -0.05) is 45.6 Å². The lowest BCUT2D eigenvalue weighted by Crippen LogP contribution is -2.36. The van der Waals surface area contributed by atoms with Crippen LogP contribution in [0.2, 0.25) is 0 Å². The number of hydrogen-bond acceptors (Lipinski definition) is 5. The average Bonchev–Trinajstić information content (AvgIpc) is 2.84. The van der Waals surface area contributed by atoms with Crippen LogP contribution in [0, 0.1) is 17.7 Å². The third-order valence-electron chi connectivity index (χ3n) is 6.84. The topological polar surface area (TPSA) is 78.7 Å². The summed E-state index contributed by atoms with van der Waals surface area (Å²) in [6.07, 6.45) is 10.5. The lowest BCUT2D eigenvalue weighted by Gasteiger charge is -2.37. The van der Waals surface area contributed by atoms with E-state index in [9.17, 15) is 8.42 Å². The van der Waals surface area contributed by atoms with Crippen LogP contribution in [0.25, 0.3) is 0 Å². The number of sulfonamides is 1. The normalized spacial score (nSPS) is 20.7. The van der Waals surface area contributed by atoms with Crippen LogP contribution in [0.5, 0.6) is 0 Å². The third-order valence-corrected chi connectivity index (χ3v) is 8.74. The van der Waals surface area contributed by atoms with E-state index in [0.717, 1.165) is 37.1 Å². The zero-order valence-corrected chi connectivity index (χ0v) is 24.7. The number of nitrogens with two attached hydrogens (primary N) is 1. The van der Waals surface area contributed by atoms with Gasteiger partial charge in [0, 0.05) is 25.0 Å². The van der Waals surface area contributed by atoms with E-state index in [1.165, 1.54) is 10.4 Å². The quantitative estimate of drug-likeness (QED) is 0.245. The molecule has 8 heteroatoms. The van der Waals surface area contributed by atoms with Crippen LogP contribution in [0.15, 0.2) is 48.7 Å². The maximum atomic E-state index is 15.1. The first kappa shape index (κ1) is 32.9. The van der Waals surface area contributed by atoms with E-state index in [1.54, 1.807) is 19.2 Å². The number of benzene rings is 1. The molecule has 1 saturated carbocycles. The fraction of sp³-hybridized carbons (Fsp3) is 0.586. The highest BCUT2D eigenvalue weighted by Crippen LogP contribution is 2.44.